The van der Waals surface area contributed by atoms with Crippen molar-refractivity contribution in [2.45, 2.75) is 43.7 Å². The average molecular weight is 384 g/mol. The maximum Gasteiger partial charge on any atom is 0.330 e. The summed E-state index contributed by atoms with van der Waals surface area (Å²) in [6.07, 6.45) is -0.0866. The molecular weight excluding hydrogens is 366 g/mol. The van der Waals surface area contributed by atoms with Crippen LogP contribution in [0.15, 0.2) is 18.2 Å². The smallest absolute Gasteiger partial charge is 0.330 e. The van der Waals surface area contributed by atoms with Gasteiger partial charge in [0.05, 0.1) is 4.87 Å². The molecule has 140 valence electrons. The average Bonchev–Trinajstić information content (AvgIpc) is 3.07. The Hall–Kier alpha value is -2.16. The van der Waals surface area contributed by atoms with Gasteiger partial charge < -0.3 is 15.0 Å². The van der Waals surface area contributed by atoms with Crippen LogP contribution in [0.4, 0.5) is 14.5 Å². The van der Waals surface area contributed by atoms with Crippen LogP contribution in [-0.4, -0.2) is 45.5 Å². The van der Waals surface area contributed by atoms with Crippen molar-refractivity contribution >= 4 is 35.2 Å². The van der Waals surface area contributed by atoms with E-state index in [-0.39, 0.29) is 11.6 Å². The molecule has 2 amide bonds. The predicted molar refractivity (Wildman–Crippen MR) is 91.3 cm³/mol. The summed E-state index contributed by atoms with van der Waals surface area (Å²) in [5, 5.41) is 2.36. The van der Waals surface area contributed by atoms with E-state index in [1.807, 2.05) is 6.92 Å². The molecule has 6 nitrogen and oxygen atoms in total. The number of benzene rings is 1. The zero-order valence-electron chi connectivity index (χ0n) is 14.3. The maximum atomic E-state index is 13.2. The normalized spacial score (nSPS) is 25.8. The maximum absolute atomic E-state index is 13.2. The van der Waals surface area contributed by atoms with Crippen molar-refractivity contribution in [3.05, 3.63) is 29.8 Å². The van der Waals surface area contributed by atoms with E-state index >= 15 is 0 Å². The van der Waals surface area contributed by atoms with Crippen LogP contribution in [-0.2, 0) is 19.1 Å². The Bertz CT molecular complexity index is 775. The lowest BCUT2D eigenvalue weighted by molar-refractivity contribution is -0.160. The van der Waals surface area contributed by atoms with Gasteiger partial charge in [-0.3, -0.25) is 9.59 Å². The van der Waals surface area contributed by atoms with Crippen molar-refractivity contribution in [3.8, 4) is 0 Å². The number of ether oxygens (including phenoxy) is 1. The number of carbonyl (C=O) groups is 3. The molecule has 3 atom stereocenters. The van der Waals surface area contributed by atoms with Crippen LogP contribution in [0.3, 0.4) is 0 Å². The van der Waals surface area contributed by atoms with Crippen LogP contribution in [0.2, 0.25) is 0 Å². The highest BCUT2D eigenvalue weighted by atomic mass is 32.2. The Kier molecular flexibility index (Phi) is 4.92. The van der Waals surface area contributed by atoms with Gasteiger partial charge in [-0.1, -0.05) is 0 Å². The minimum Gasteiger partial charge on any atom is -0.451 e. The van der Waals surface area contributed by atoms with Gasteiger partial charge in [-0.25, -0.2) is 13.6 Å². The van der Waals surface area contributed by atoms with Crippen molar-refractivity contribution < 1.29 is 27.9 Å². The van der Waals surface area contributed by atoms with Crippen molar-refractivity contribution in [2.75, 3.05) is 11.1 Å². The van der Waals surface area contributed by atoms with Gasteiger partial charge in [-0.15, -0.1) is 11.8 Å². The number of nitrogens with zero attached hydrogens (tertiary/aromatic N) is 1. The van der Waals surface area contributed by atoms with Crippen LogP contribution >= 0.6 is 11.8 Å². The zero-order valence-corrected chi connectivity index (χ0v) is 15.1. The first kappa shape index (κ1) is 18.6. The molecule has 3 rings (SSSR count). The molecule has 2 aliphatic rings. The number of rotatable bonds is 4. The van der Waals surface area contributed by atoms with E-state index in [4.69, 9.17) is 4.74 Å². The first-order valence-electron chi connectivity index (χ1n) is 8.14. The molecule has 0 aliphatic carbocycles. The van der Waals surface area contributed by atoms with Gasteiger partial charge >= 0.3 is 5.97 Å². The van der Waals surface area contributed by atoms with E-state index in [9.17, 15) is 23.2 Å². The number of thioether (sulfide) groups is 1. The molecule has 1 N–H and O–H groups in total. The van der Waals surface area contributed by atoms with E-state index in [0.717, 1.165) is 12.1 Å². The molecule has 0 radical (unpaired) electrons. The van der Waals surface area contributed by atoms with Crippen LogP contribution < -0.4 is 5.32 Å². The van der Waals surface area contributed by atoms with Gasteiger partial charge in [-0.2, -0.15) is 0 Å². The van der Waals surface area contributed by atoms with E-state index in [1.54, 1.807) is 4.90 Å². The summed E-state index contributed by atoms with van der Waals surface area (Å²) in [5.41, 5.74) is 0.0514. The van der Waals surface area contributed by atoms with Crippen molar-refractivity contribution in [2.24, 2.45) is 0 Å². The molecule has 26 heavy (non-hydrogen) atoms. The summed E-state index contributed by atoms with van der Waals surface area (Å²) in [6, 6.07) is 2.20. The van der Waals surface area contributed by atoms with Crippen molar-refractivity contribution in [1.82, 2.24) is 4.90 Å². The third kappa shape index (κ3) is 3.40. The Balaban J connectivity index is 1.61. The summed E-state index contributed by atoms with van der Waals surface area (Å²) in [6.45, 7) is 3.29. The molecule has 0 aromatic heterocycles. The van der Waals surface area contributed by atoms with Gasteiger partial charge in [0.15, 0.2) is 17.7 Å². The fraction of sp³-hybridized carbons (Fsp3) is 0.471. The SMILES string of the molecule is C[C@H](OC(=O)[C@H]1CS[C@@]2(C)CCC(=O)N12)C(=O)Nc1ccc(F)c(F)c1. The summed E-state index contributed by atoms with van der Waals surface area (Å²) in [5.74, 6) is -3.13. The van der Waals surface area contributed by atoms with Gasteiger partial charge in [0, 0.05) is 23.9 Å². The Morgan fingerprint density at radius 3 is 2.81 bits per heavy atom. The molecule has 2 heterocycles. The number of carbonyl (C=O) groups excluding carboxylic acids is 3. The van der Waals surface area contributed by atoms with E-state index in [0.29, 0.717) is 18.6 Å². The third-order valence-electron chi connectivity index (χ3n) is 4.57. The summed E-state index contributed by atoms with van der Waals surface area (Å²) < 4.78 is 31.3. The lowest BCUT2D eigenvalue weighted by Gasteiger charge is -2.29. The fourth-order valence-corrected chi connectivity index (χ4v) is 4.54. The third-order valence-corrected chi connectivity index (χ3v) is 6.07. The lowest BCUT2D eigenvalue weighted by Crippen LogP contribution is -2.48. The molecule has 2 aliphatic heterocycles. The van der Waals surface area contributed by atoms with Crippen LogP contribution in [0, 0.1) is 11.6 Å². The monoisotopic (exact) mass is 384 g/mol. The van der Waals surface area contributed by atoms with Gasteiger partial charge in [0.25, 0.3) is 5.91 Å². The number of anilines is 1. The molecule has 0 saturated carbocycles. The number of esters is 1. The molecule has 0 bridgehead atoms. The van der Waals surface area contributed by atoms with Gasteiger partial charge in [0.1, 0.15) is 6.04 Å². The number of nitrogens with one attached hydrogen (secondary N) is 1. The quantitative estimate of drug-likeness (QED) is 0.806. The first-order valence-corrected chi connectivity index (χ1v) is 9.12. The zero-order chi connectivity index (χ0) is 19.1. The Morgan fingerprint density at radius 1 is 1.38 bits per heavy atom. The highest BCUT2D eigenvalue weighted by Crippen LogP contribution is 2.47. The first-order chi connectivity index (χ1) is 12.2. The van der Waals surface area contributed by atoms with E-state index in [2.05, 4.69) is 5.32 Å². The fourth-order valence-electron chi connectivity index (χ4n) is 3.12. The van der Waals surface area contributed by atoms with Gasteiger partial charge in [0.2, 0.25) is 5.91 Å². The summed E-state index contributed by atoms with van der Waals surface area (Å²) in [7, 11) is 0. The second kappa shape index (κ2) is 6.86. The predicted octanol–water partition coefficient (Wildman–Crippen LogP) is 2.29. The number of fused-ring (bicyclic) bond motifs is 1. The van der Waals surface area contributed by atoms with Crippen LogP contribution in [0.5, 0.6) is 0 Å². The number of hydrogen-bond donors (Lipinski definition) is 1. The standard InChI is InChI=1S/C17H18F2N2O4S/c1-9(15(23)20-10-3-4-11(18)12(19)7-10)25-16(24)13-8-26-17(2)6-5-14(22)21(13)17/h3-4,7,9,13H,5-6,8H2,1-2H3,(H,20,23)/t9-,13+,17-/m0/s1. The minimum absolute atomic E-state index is 0.0514. The van der Waals surface area contributed by atoms with Gasteiger partial charge in [-0.05, 0) is 32.4 Å². The topological polar surface area (TPSA) is 75.7 Å². The Morgan fingerprint density at radius 2 is 2.12 bits per heavy atom. The minimum atomic E-state index is -1.15. The highest BCUT2D eigenvalue weighted by molar-refractivity contribution is 8.01. The lowest BCUT2D eigenvalue weighted by atomic mass is 10.2. The molecular formula is C17H18F2N2O4S. The molecule has 2 saturated heterocycles. The molecule has 1 aromatic carbocycles. The second-order valence-corrected chi connectivity index (χ2v) is 7.96. The number of halogens is 2. The largest absolute Gasteiger partial charge is 0.451 e. The number of hydrogen-bond acceptors (Lipinski definition) is 5. The van der Waals surface area contributed by atoms with Crippen molar-refractivity contribution in [3.63, 3.8) is 0 Å². The van der Waals surface area contributed by atoms with Crippen LogP contribution in [0.25, 0.3) is 0 Å². The second-order valence-electron chi connectivity index (χ2n) is 6.46. The Labute approximate surface area is 153 Å². The van der Waals surface area contributed by atoms with E-state index in [1.165, 1.54) is 24.8 Å². The highest BCUT2D eigenvalue weighted by Gasteiger charge is 2.53. The number of amides is 2. The van der Waals surface area contributed by atoms with Crippen LogP contribution in [0.1, 0.15) is 26.7 Å². The summed E-state index contributed by atoms with van der Waals surface area (Å²) in [4.78, 5) is 37.7. The van der Waals surface area contributed by atoms with Crippen molar-refractivity contribution in [1.29, 1.82) is 0 Å². The molecule has 1 aromatic rings. The molecule has 9 heteroatoms. The molecule has 0 unspecified atom stereocenters. The molecule has 0 spiro atoms. The molecule has 2 fully saturated rings. The summed E-state index contributed by atoms with van der Waals surface area (Å²) >= 11 is 1.52. The van der Waals surface area contributed by atoms with E-state index < -0.39 is 40.5 Å².